The van der Waals surface area contributed by atoms with Gasteiger partial charge in [0.25, 0.3) is 0 Å². The zero-order valence-corrected chi connectivity index (χ0v) is 10.4. The van der Waals surface area contributed by atoms with Gasteiger partial charge in [0, 0.05) is 23.9 Å². The number of hydrazine groups is 1. The van der Waals surface area contributed by atoms with Crippen molar-refractivity contribution < 1.29 is 13.2 Å². The van der Waals surface area contributed by atoms with Crippen LogP contribution in [0.3, 0.4) is 0 Å². The highest BCUT2D eigenvalue weighted by Gasteiger charge is 2.24. The van der Waals surface area contributed by atoms with E-state index in [-0.39, 0.29) is 5.56 Å². The van der Waals surface area contributed by atoms with Crippen LogP contribution < -0.4 is 11.3 Å². The third kappa shape index (κ3) is 2.22. The Bertz CT molecular complexity index is 609. The first-order chi connectivity index (χ1) is 8.97. The van der Waals surface area contributed by atoms with Gasteiger partial charge in [0.15, 0.2) is 17.5 Å². The molecule has 0 saturated carbocycles. The van der Waals surface area contributed by atoms with Crippen molar-refractivity contribution in [3.05, 3.63) is 52.6 Å². The second kappa shape index (κ2) is 5.02. The van der Waals surface area contributed by atoms with Crippen molar-refractivity contribution >= 4 is 0 Å². The molecule has 7 heteroatoms. The maximum Gasteiger partial charge on any atom is 0.194 e. The first-order valence-corrected chi connectivity index (χ1v) is 5.55. The molecule has 0 aliphatic heterocycles. The van der Waals surface area contributed by atoms with Crippen LogP contribution in [0.1, 0.15) is 22.9 Å². The molecule has 0 aliphatic rings. The maximum atomic E-state index is 13.8. The number of benzene rings is 1. The molecule has 1 heterocycles. The Kier molecular flexibility index (Phi) is 3.59. The first kappa shape index (κ1) is 13.6. The summed E-state index contributed by atoms with van der Waals surface area (Å²) in [6.45, 7) is 1.77. The van der Waals surface area contributed by atoms with E-state index in [4.69, 9.17) is 5.84 Å². The molecule has 0 amide bonds. The average Bonchev–Trinajstić information content (AvgIpc) is 2.72. The minimum absolute atomic E-state index is 0.0718. The van der Waals surface area contributed by atoms with Gasteiger partial charge < -0.3 is 0 Å². The van der Waals surface area contributed by atoms with Crippen LogP contribution in [-0.4, -0.2) is 9.78 Å². The largest absolute Gasteiger partial charge is 0.273 e. The summed E-state index contributed by atoms with van der Waals surface area (Å²) in [7, 11) is 1.72. The molecule has 1 atom stereocenters. The van der Waals surface area contributed by atoms with Crippen LogP contribution in [0.2, 0.25) is 0 Å². The number of nitrogens with one attached hydrogen (secondary N) is 1. The second-order valence-corrected chi connectivity index (χ2v) is 4.17. The van der Waals surface area contributed by atoms with Gasteiger partial charge in [0.1, 0.15) is 0 Å². The Morgan fingerprint density at radius 2 is 1.89 bits per heavy atom. The Balaban J connectivity index is 2.55. The number of halogens is 3. The lowest BCUT2D eigenvalue weighted by atomic mass is 9.99. The SMILES string of the molecule is Cc1c(C(NN)c2ccc(F)c(F)c2F)cnn1C. The van der Waals surface area contributed by atoms with Gasteiger partial charge in [-0.05, 0) is 13.0 Å². The van der Waals surface area contributed by atoms with E-state index in [0.29, 0.717) is 5.56 Å². The molecule has 102 valence electrons. The molecule has 1 unspecified atom stereocenters. The number of nitrogens with two attached hydrogens (primary N) is 1. The lowest BCUT2D eigenvalue weighted by Gasteiger charge is -2.17. The van der Waals surface area contributed by atoms with Crippen molar-refractivity contribution in [3.63, 3.8) is 0 Å². The van der Waals surface area contributed by atoms with E-state index in [1.165, 1.54) is 6.20 Å². The molecule has 0 aliphatic carbocycles. The molecule has 2 aromatic rings. The highest BCUT2D eigenvalue weighted by Crippen LogP contribution is 2.27. The quantitative estimate of drug-likeness (QED) is 0.507. The number of aryl methyl sites for hydroxylation is 1. The fourth-order valence-corrected chi connectivity index (χ4v) is 1.91. The first-order valence-electron chi connectivity index (χ1n) is 5.55. The highest BCUT2D eigenvalue weighted by molar-refractivity contribution is 5.34. The van der Waals surface area contributed by atoms with E-state index < -0.39 is 23.5 Å². The number of rotatable bonds is 3. The Labute approximate surface area is 108 Å². The van der Waals surface area contributed by atoms with E-state index in [2.05, 4.69) is 10.5 Å². The molecular formula is C12H13F3N4. The van der Waals surface area contributed by atoms with Crippen LogP contribution >= 0.6 is 0 Å². The molecule has 0 saturated heterocycles. The molecule has 0 radical (unpaired) electrons. The molecule has 0 spiro atoms. The smallest absolute Gasteiger partial charge is 0.194 e. The Morgan fingerprint density at radius 1 is 1.21 bits per heavy atom. The number of hydrogen-bond donors (Lipinski definition) is 2. The number of aromatic nitrogens is 2. The molecule has 2 rings (SSSR count). The Morgan fingerprint density at radius 3 is 2.42 bits per heavy atom. The van der Waals surface area contributed by atoms with E-state index in [0.717, 1.165) is 17.8 Å². The summed E-state index contributed by atoms with van der Waals surface area (Å²) in [6, 6.07) is 1.22. The van der Waals surface area contributed by atoms with Crippen LogP contribution in [0.25, 0.3) is 0 Å². The molecule has 0 fully saturated rings. The van der Waals surface area contributed by atoms with Gasteiger partial charge in [-0.2, -0.15) is 5.10 Å². The molecule has 3 N–H and O–H groups in total. The topological polar surface area (TPSA) is 55.9 Å². The zero-order chi connectivity index (χ0) is 14.2. The van der Waals surface area contributed by atoms with Crippen LogP contribution in [0, 0.1) is 24.4 Å². The molecule has 0 bridgehead atoms. The minimum Gasteiger partial charge on any atom is -0.273 e. The van der Waals surface area contributed by atoms with E-state index in [1.807, 2.05) is 0 Å². The lowest BCUT2D eigenvalue weighted by molar-refractivity contribution is 0.433. The van der Waals surface area contributed by atoms with Crippen molar-refractivity contribution in [2.24, 2.45) is 12.9 Å². The summed E-state index contributed by atoms with van der Waals surface area (Å²) in [4.78, 5) is 0. The number of nitrogens with zero attached hydrogens (tertiary/aromatic N) is 2. The zero-order valence-electron chi connectivity index (χ0n) is 10.4. The summed E-state index contributed by atoms with van der Waals surface area (Å²) in [5, 5.41) is 4.01. The van der Waals surface area contributed by atoms with Crippen molar-refractivity contribution in [3.8, 4) is 0 Å². The van der Waals surface area contributed by atoms with Crippen LogP contribution in [0.15, 0.2) is 18.3 Å². The summed E-state index contributed by atoms with van der Waals surface area (Å²) < 4.78 is 41.6. The third-order valence-corrected chi connectivity index (χ3v) is 3.13. The molecule has 1 aromatic carbocycles. The summed E-state index contributed by atoms with van der Waals surface area (Å²) >= 11 is 0. The fraction of sp³-hybridized carbons (Fsp3) is 0.250. The molecule has 19 heavy (non-hydrogen) atoms. The average molecular weight is 270 g/mol. The van der Waals surface area contributed by atoms with Gasteiger partial charge in [-0.25, -0.2) is 18.6 Å². The summed E-state index contributed by atoms with van der Waals surface area (Å²) in [5.74, 6) is 1.39. The fourth-order valence-electron chi connectivity index (χ4n) is 1.91. The van der Waals surface area contributed by atoms with Gasteiger partial charge in [-0.1, -0.05) is 6.07 Å². The van der Waals surface area contributed by atoms with Crippen LogP contribution in [0.5, 0.6) is 0 Å². The number of hydrogen-bond acceptors (Lipinski definition) is 3. The summed E-state index contributed by atoms with van der Waals surface area (Å²) in [5.41, 5.74) is 3.66. The predicted octanol–water partition coefficient (Wildman–Crippen LogP) is 1.70. The summed E-state index contributed by atoms with van der Waals surface area (Å²) in [6.07, 6.45) is 1.50. The van der Waals surface area contributed by atoms with Gasteiger partial charge in [-0.3, -0.25) is 10.5 Å². The Hall–Kier alpha value is -1.86. The van der Waals surface area contributed by atoms with Crippen molar-refractivity contribution in [2.75, 3.05) is 0 Å². The maximum absolute atomic E-state index is 13.8. The van der Waals surface area contributed by atoms with Gasteiger partial charge in [0.2, 0.25) is 0 Å². The van der Waals surface area contributed by atoms with Crippen LogP contribution in [0.4, 0.5) is 13.2 Å². The van der Waals surface area contributed by atoms with E-state index in [1.54, 1.807) is 18.7 Å². The monoisotopic (exact) mass is 270 g/mol. The molecule has 4 nitrogen and oxygen atoms in total. The predicted molar refractivity (Wildman–Crippen MR) is 63.4 cm³/mol. The molecule has 1 aromatic heterocycles. The van der Waals surface area contributed by atoms with E-state index in [9.17, 15) is 13.2 Å². The normalized spacial score (nSPS) is 12.7. The van der Waals surface area contributed by atoms with Gasteiger partial charge in [0.05, 0.1) is 12.2 Å². The molecular weight excluding hydrogens is 257 g/mol. The van der Waals surface area contributed by atoms with E-state index >= 15 is 0 Å². The van der Waals surface area contributed by atoms with Crippen molar-refractivity contribution in [1.82, 2.24) is 15.2 Å². The highest BCUT2D eigenvalue weighted by atomic mass is 19.2. The third-order valence-electron chi connectivity index (χ3n) is 3.13. The minimum atomic E-state index is -1.51. The second-order valence-electron chi connectivity index (χ2n) is 4.17. The van der Waals surface area contributed by atoms with Gasteiger partial charge in [-0.15, -0.1) is 0 Å². The van der Waals surface area contributed by atoms with Gasteiger partial charge >= 0.3 is 0 Å². The van der Waals surface area contributed by atoms with Crippen molar-refractivity contribution in [2.45, 2.75) is 13.0 Å². The van der Waals surface area contributed by atoms with Crippen molar-refractivity contribution in [1.29, 1.82) is 0 Å². The lowest BCUT2D eigenvalue weighted by Crippen LogP contribution is -2.30. The standard InChI is InChI=1S/C12H13F3N4/c1-6-8(5-17-19(6)2)12(18-16)7-3-4-9(13)11(15)10(7)14/h3-5,12,18H,16H2,1-2H3. The van der Waals surface area contributed by atoms with Crippen LogP contribution in [-0.2, 0) is 7.05 Å².